The molecule has 1 heterocycles. The molecule has 0 bridgehead atoms. The Kier molecular flexibility index (Phi) is 7.68. The number of nitrogens with zero attached hydrogens (tertiary/aromatic N) is 1. The van der Waals surface area contributed by atoms with Crippen molar-refractivity contribution in [1.29, 1.82) is 5.26 Å². The lowest BCUT2D eigenvalue weighted by molar-refractivity contribution is 0.0915. The van der Waals surface area contributed by atoms with E-state index in [2.05, 4.69) is 44.1 Å². The number of hydrogen-bond donors (Lipinski definition) is 3. The molecule has 30 heavy (non-hydrogen) atoms. The minimum absolute atomic E-state index is 0.165. The van der Waals surface area contributed by atoms with Crippen molar-refractivity contribution in [2.45, 2.75) is 31.7 Å². The molecule has 2 aromatic carbocycles. The monoisotopic (exact) mass is 463 g/mol. The third-order valence-corrected chi connectivity index (χ3v) is 5.42. The number of unbranched alkanes of at least 4 members (excludes halogenated alkanes) is 2. The van der Waals surface area contributed by atoms with Crippen LogP contribution in [0.4, 0.5) is 0 Å². The van der Waals surface area contributed by atoms with E-state index in [4.69, 9.17) is 5.26 Å². The second kappa shape index (κ2) is 10.6. The lowest BCUT2D eigenvalue weighted by Crippen LogP contribution is -2.39. The van der Waals surface area contributed by atoms with Crippen LogP contribution >= 0.6 is 15.9 Å². The number of fused-ring (bicyclic) bond motifs is 1. The molecule has 1 aromatic heterocycles. The van der Waals surface area contributed by atoms with Crippen LogP contribution in [0.5, 0.6) is 0 Å². The van der Waals surface area contributed by atoms with Gasteiger partial charge in [0, 0.05) is 40.0 Å². The molecule has 6 heteroatoms. The number of nitrogens with one attached hydrogen (secondary N) is 2. The van der Waals surface area contributed by atoms with Crippen molar-refractivity contribution in [1.82, 2.24) is 10.3 Å². The van der Waals surface area contributed by atoms with Gasteiger partial charge in [0.2, 0.25) is 0 Å². The van der Waals surface area contributed by atoms with E-state index in [1.807, 2.05) is 36.5 Å². The Balaban J connectivity index is 1.70. The number of nitriles is 1. The number of carbonyl (C=O) groups is 1. The van der Waals surface area contributed by atoms with Gasteiger partial charge in [-0.3, -0.25) is 4.79 Å². The van der Waals surface area contributed by atoms with Crippen molar-refractivity contribution in [3.8, 4) is 17.9 Å². The number of amides is 1. The standard InChI is InChI=1S/C24H22BrN3O2/c25-22-11-10-17(7-3-1-2-6-12-26)13-21(22)24(30)28-19(16-29)14-18-15-27-23-9-5-4-8-20(18)23/h4-5,8-11,13,15,19,27,29H,1-2,6,14,16H2,(H,28,30). The molecule has 3 aromatic rings. The Morgan fingerprint density at radius 3 is 2.87 bits per heavy atom. The van der Waals surface area contributed by atoms with Crippen LogP contribution in [0.15, 0.2) is 53.1 Å². The highest BCUT2D eigenvalue weighted by molar-refractivity contribution is 9.10. The molecule has 3 rings (SSSR count). The second-order valence-electron chi connectivity index (χ2n) is 6.92. The van der Waals surface area contributed by atoms with Gasteiger partial charge in [0.1, 0.15) is 0 Å². The van der Waals surface area contributed by atoms with Crippen molar-refractivity contribution < 1.29 is 9.90 Å². The average molecular weight is 464 g/mol. The van der Waals surface area contributed by atoms with Gasteiger partial charge in [-0.15, -0.1) is 0 Å². The maximum absolute atomic E-state index is 12.8. The molecule has 0 fully saturated rings. The Morgan fingerprint density at radius 1 is 1.23 bits per heavy atom. The highest BCUT2D eigenvalue weighted by atomic mass is 79.9. The van der Waals surface area contributed by atoms with Crippen LogP contribution in [0.25, 0.3) is 10.9 Å². The molecular weight excluding hydrogens is 442 g/mol. The fraction of sp³-hybridized carbons (Fsp3) is 0.250. The molecule has 0 aliphatic rings. The van der Waals surface area contributed by atoms with Gasteiger partial charge in [-0.1, -0.05) is 30.0 Å². The molecule has 0 radical (unpaired) electrons. The summed E-state index contributed by atoms with van der Waals surface area (Å²) in [6.07, 6.45) is 4.30. The fourth-order valence-electron chi connectivity index (χ4n) is 3.19. The highest BCUT2D eigenvalue weighted by Gasteiger charge is 2.17. The predicted octanol–water partition coefficient (Wildman–Crippen LogP) is 4.31. The summed E-state index contributed by atoms with van der Waals surface area (Å²) < 4.78 is 0.666. The molecule has 0 aliphatic heterocycles. The quantitative estimate of drug-likeness (QED) is 0.360. The number of carbonyl (C=O) groups excluding carboxylic acids is 1. The molecule has 152 valence electrons. The van der Waals surface area contributed by atoms with E-state index in [0.717, 1.165) is 28.5 Å². The number of aromatic amines is 1. The van der Waals surface area contributed by atoms with E-state index in [9.17, 15) is 9.90 Å². The van der Waals surface area contributed by atoms with Crippen molar-refractivity contribution in [3.05, 3.63) is 69.8 Å². The summed E-state index contributed by atoms with van der Waals surface area (Å²) in [5.41, 5.74) is 3.27. The lowest BCUT2D eigenvalue weighted by Gasteiger charge is -2.17. The zero-order valence-corrected chi connectivity index (χ0v) is 18.0. The number of halogens is 1. The second-order valence-corrected chi connectivity index (χ2v) is 7.78. The van der Waals surface area contributed by atoms with Gasteiger partial charge in [0.15, 0.2) is 0 Å². The first kappa shape index (κ1) is 21.6. The fourth-order valence-corrected chi connectivity index (χ4v) is 3.61. The van der Waals surface area contributed by atoms with Crippen LogP contribution in [0.1, 0.15) is 40.7 Å². The molecule has 0 spiro atoms. The predicted molar refractivity (Wildman–Crippen MR) is 121 cm³/mol. The van der Waals surface area contributed by atoms with Crippen molar-refractivity contribution in [2.24, 2.45) is 0 Å². The minimum atomic E-state index is -0.413. The van der Waals surface area contributed by atoms with Crippen molar-refractivity contribution in [2.75, 3.05) is 6.61 Å². The molecule has 0 aliphatic carbocycles. The van der Waals surface area contributed by atoms with Crippen LogP contribution in [-0.4, -0.2) is 28.6 Å². The molecule has 3 N–H and O–H groups in total. The summed E-state index contributed by atoms with van der Waals surface area (Å²) in [7, 11) is 0. The number of hydrogen-bond acceptors (Lipinski definition) is 3. The SMILES string of the molecule is N#CCCCC#Cc1ccc(Br)c(C(=O)NC(CO)Cc2c[nH]c3ccccc23)c1. The Labute approximate surface area is 184 Å². The first-order valence-corrected chi connectivity index (χ1v) is 10.5. The third-order valence-electron chi connectivity index (χ3n) is 4.73. The van der Waals surface area contributed by atoms with Crippen LogP contribution in [0, 0.1) is 23.2 Å². The van der Waals surface area contributed by atoms with Crippen molar-refractivity contribution in [3.63, 3.8) is 0 Å². The van der Waals surface area contributed by atoms with Gasteiger partial charge in [0.05, 0.1) is 24.3 Å². The number of H-pyrrole nitrogens is 1. The zero-order chi connectivity index (χ0) is 21.3. The van der Waals surface area contributed by atoms with Gasteiger partial charge in [0.25, 0.3) is 5.91 Å². The van der Waals surface area contributed by atoms with E-state index in [1.54, 1.807) is 12.1 Å². The number of para-hydroxylation sites is 1. The molecule has 0 saturated carbocycles. The maximum atomic E-state index is 12.8. The van der Waals surface area contributed by atoms with E-state index in [-0.39, 0.29) is 12.5 Å². The lowest BCUT2D eigenvalue weighted by atomic mass is 10.0. The molecule has 1 atom stereocenters. The van der Waals surface area contributed by atoms with Crippen molar-refractivity contribution >= 4 is 32.7 Å². The molecular formula is C24H22BrN3O2. The highest BCUT2D eigenvalue weighted by Crippen LogP contribution is 2.21. The summed E-state index contributed by atoms with van der Waals surface area (Å²) in [6, 6.07) is 15.0. The van der Waals surface area contributed by atoms with Crippen LogP contribution < -0.4 is 5.32 Å². The summed E-state index contributed by atoms with van der Waals surface area (Å²) >= 11 is 3.43. The normalized spacial score (nSPS) is 11.4. The first-order valence-electron chi connectivity index (χ1n) is 9.74. The summed E-state index contributed by atoms with van der Waals surface area (Å²) in [4.78, 5) is 16.1. The number of aliphatic hydroxyl groups excluding tert-OH is 1. The summed E-state index contributed by atoms with van der Waals surface area (Å²) in [5, 5.41) is 22.4. The zero-order valence-electron chi connectivity index (χ0n) is 16.4. The topological polar surface area (TPSA) is 88.9 Å². The average Bonchev–Trinajstić information content (AvgIpc) is 3.17. The van der Waals surface area contributed by atoms with Gasteiger partial charge in [-0.05, 0) is 58.6 Å². The number of aromatic nitrogens is 1. The number of aliphatic hydroxyl groups is 1. The Hall–Kier alpha value is -3.06. The molecule has 5 nitrogen and oxygen atoms in total. The van der Waals surface area contributed by atoms with Crippen LogP contribution in [0.3, 0.4) is 0 Å². The van der Waals surface area contributed by atoms with E-state index in [0.29, 0.717) is 29.3 Å². The van der Waals surface area contributed by atoms with Gasteiger partial charge in [-0.25, -0.2) is 0 Å². The molecule has 1 unspecified atom stereocenters. The van der Waals surface area contributed by atoms with Crippen LogP contribution in [-0.2, 0) is 6.42 Å². The number of rotatable bonds is 7. The maximum Gasteiger partial charge on any atom is 0.252 e. The van der Waals surface area contributed by atoms with Gasteiger partial charge >= 0.3 is 0 Å². The third kappa shape index (κ3) is 5.51. The smallest absolute Gasteiger partial charge is 0.252 e. The Morgan fingerprint density at radius 2 is 2.07 bits per heavy atom. The van der Waals surface area contributed by atoms with E-state index >= 15 is 0 Å². The first-order chi connectivity index (χ1) is 14.6. The largest absolute Gasteiger partial charge is 0.394 e. The van der Waals surface area contributed by atoms with Gasteiger partial charge in [-0.2, -0.15) is 5.26 Å². The minimum Gasteiger partial charge on any atom is -0.394 e. The van der Waals surface area contributed by atoms with Crippen LogP contribution in [0.2, 0.25) is 0 Å². The Bertz CT molecular complexity index is 1130. The summed E-state index contributed by atoms with van der Waals surface area (Å²) in [6.45, 7) is -0.165. The van der Waals surface area contributed by atoms with E-state index < -0.39 is 6.04 Å². The molecule has 0 saturated heterocycles. The number of benzene rings is 2. The summed E-state index contributed by atoms with van der Waals surface area (Å²) in [5.74, 6) is 5.80. The van der Waals surface area contributed by atoms with Gasteiger partial charge < -0.3 is 15.4 Å². The molecule has 1 amide bonds. The van der Waals surface area contributed by atoms with E-state index in [1.165, 1.54) is 0 Å².